The van der Waals surface area contributed by atoms with Crippen molar-refractivity contribution in [1.82, 2.24) is 9.78 Å². The van der Waals surface area contributed by atoms with E-state index in [1.54, 1.807) is 20.0 Å². The maximum absolute atomic E-state index is 12.8. The van der Waals surface area contributed by atoms with Crippen LogP contribution in [-0.4, -0.2) is 21.6 Å². The van der Waals surface area contributed by atoms with E-state index in [0.717, 1.165) is 12.1 Å². The molecule has 0 saturated carbocycles. The molecule has 1 heterocycles. The second kappa shape index (κ2) is 8.19. The van der Waals surface area contributed by atoms with E-state index in [-0.39, 0.29) is 22.0 Å². The number of hydrogen-bond acceptors (Lipinski definition) is 3. The van der Waals surface area contributed by atoms with Gasteiger partial charge in [-0.25, -0.2) is 0 Å². The molecule has 0 aliphatic rings. The molecule has 0 aliphatic carbocycles. The SMILES string of the molecule is Cc1nn(C)c(Cl)c1C(=O)Nc1cccc(C(=O)Nc2cccc(C(F)(F)F)c2)c1. The Hall–Kier alpha value is -3.33. The maximum atomic E-state index is 12.8. The van der Waals surface area contributed by atoms with Crippen LogP contribution in [0, 0.1) is 6.92 Å². The first-order chi connectivity index (χ1) is 14.1. The summed E-state index contributed by atoms with van der Waals surface area (Å²) in [6.07, 6.45) is -4.52. The van der Waals surface area contributed by atoms with Crippen molar-refractivity contribution >= 4 is 34.8 Å². The molecule has 30 heavy (non-hydrogen) atoms. The smallest absolute Gasteiger partial charge is 0.322 e. The van der Waals surface area contributed by atoms with E-state index in [1.807, 2.05) is 0 Å². The molecule has 0 atom stereocenters. The minimum Gasteiger partial charge on any atom is -0.322 e. The number of alkyl halides is 3. The first-order valence-corrected chi connectivity index (χ1v) is 9.03. The number of carbonyl (C=O) groups excluding carboxylic acids is 2. The van der Waals surface area contributed by atoms with Crippen LogP contribution in [0.25, 0.3) is 0 Å². The minimum absolute atomic E-state index is 0.00188. The molecule has 3 aromatic rings. The normalized spacial score (nSPS) is 11.3. The lowest BCUT2D eigenvalue weighted by molar-refractivity contribution is -0.137. The largest absolute Gasteiger partial charge is 0.416 e. The lowest BCUT2D eigenvalue weighted by Gasteiger charge is -2.11. The molecule has 2 amide bonds. The van der Waals surface area contributed by atoms with Crippen molar-refractivity contribution < 1.29 is 22.8 Å². The topological polar surface area (TPSA) is 76.0 Å². The molecule has 156 valence electrons. The van der Waals surface area contributed by atoms with Gasteiger partial charge in [0.25, 0.3) is 11.8 Å². The van der Waals surface area contributed by atoms with Gasteiger partial charge in [-0.15, -0.1) is 0 Å². The number of carbonyl (C=O) groups is 2. The van der Waals surface area contributed by atoms with Crippen molar-refractivity contribution in [3.8, 4) is 0 Å². The zero-order valence-electron chi connectivity index (χ0n) is 15.8. The Kier molecular flexibility index (Phi) is 5.84. The van der Waals surface area contributed by atoms with Crippen molar-refractivity contribution in [2.75, 3.05) is 10.6 Å². The van der Waals surface area contributed by atoms with Crippen molar-refractivity contribution in [2.45, 2.75) is 13.1 Å². The molecule has 2 aromatic carbocycles. The van der Waals surface area contributed by atoms with Crippen LogP contribution < -0.4 is 10.6 Å². The van der Waals surface area contributed by atoms with Crippen molar-refractivity contribution in [3.63, 3.8) is 0 Å². The van der Waals surface area contributed by atoms with Gasteiger partial charge in [-0.2, -0.15) is 18.3 Å². The van der Waals surface area contributed by atoms with Gasteiger partial charge >= 0.3 is 6.18 Å². The van der Waals surface area contributed by atoms with E-state index in [1.165, 1.54) is 35.0 Å². The zero-order valence-corrected chi connectivity index (χ0v) is 16.6. The molecule has 0 unspecified atom stereocenters. The van der Waals surface area contributed by atoms with E-state index in [0.29, 0.717) is 11.4 Å². The Morgan fingerprint density at radius 3 is 2.20 bits per heavy atom. The fourth-order valence-electron chi connectivity index (χ4n) is 2.80. The van der Waals surface area contributed by atoms with Gasteiger partial charge in [0.05, 0.1) is 16.8 Å². The number of nitrogens with zero attached hydrogens (tertiary/aromatic N) is 2. The Balaban J connectivity index is 1.77. The average Bonchev–Trinajstić information content (AvgIpc) is 2.93. The molecule has 10 heteroatoms. The highest BCUT2D eigenvalue weighted by Crippen LogP contribution is 2.30. The number of rotatable bonds is 4. The molecule has 0 saturated heterocycles. The number of halogens is 4. The van der Waals surface area contributed by atoms with Crippen molar-refractivity contribution in [1.29, 1.82) is 0 Å². The lowest BCUT2D eigenvalue weighted by Crippen LogP contribution is -2.15. The number of benzene rings is 2. The van der Waals surface area contributed by atoms with Gasteiger partial charge in [-0.05, 0) is 43.3 Å². The molecule has 2 N–H and O–H groups in total. The van der Waals surface area contributed by atoms with Gasteiger partial charge in [0.15, 0.2) is 0 Å². The molecule has 0 radical (unpaired) electrons. The Morgan fingerprint density at radius 1 is 1.00 bits per heavy atom. The number of aryl methyl sites for hydroxylation is 2. The second-order valence-electron chi connectivity index (χ2n) is 6.44. The molecule has 6 nitrogen and oxygen atoms in total. The monoisotopic (exact) mass is 436 g/mol. The van der Waals surface area contributed by atoms with Crippen LogP contribution in [-0.2, 0) is 13.2 Å². The number of aromatic nitrogens is 2. The van der Waals surface area contributed by atoms with Gasteiger partial charge < -0.3 is 10.6 Å². The number of nitrogens with one attached hydrogen (secondary N) is 2. The summed E-state index contributed by atoms with van der Waals surface area (Å²) in [5.41, 5.74) is 0.249. The summed E-state index contributed by atoms with van der Waals surface area (Å²) in [6, 6.07) is 10.3. The molecule has 0 bridgehead atoms. The molecule has 0 spiro atoms. The summed E-state index contributed by atoms with van der Waals surface area (Å²) >= 11 is 6.09. The van der Waals surface area contributed by atoms with E-state index >= 15 is 0 Å². The van der Waals surface area contributed by atoms with Crippen LogP contribution in [0.3, 0.4) is 0 Å². The van der Waals surface area contributed by atoms with Crippen LogP contribution in [0.4, 0.5) is 24.5 Å². The third kappa shape index (κ3) is 4.62. The third-order valence-electron chi connectivity index (χ3n) is 4.21. The predicted octanol–water partition coefficient (Wildman–Crippen LogP) is 4.91. The van der Waals surface area contributed by atoms with E-state index in [4.69, 9.17) is 11.6 Å². The zero-order chi connectivity index (χ0) is 22.1. The number of anilines is 2. The van der Waals surface area contributed by atoms with E-state index in [9.17, 15) is 22.8 Å². The van der Waals surface area contributed by atoms with E-state index in [2.05, 4.69) is 15.7 Å². The Morgan fingerprint density at radius 2 is 1.60 bits per heavy atom. The molecule has 0 fully saturated rings. The van der Waals surface area contributed by atoms with Gasteiger partial charge in [0.1, 0.15) is 5.15 Å². The van der Waals surface area contributed by atoms with Crippen molar-refractivity contribution in [3.05, 3.63) is 76.1 Å². The first kappa shape index (κ1) is 21.4. The highest BCUT2D eigenvalue weighted by molar-refractivity contribution is 6.33. The van der Waals surface area contributed by atoms with Gasteiger partial charge in [0, 0.05) is 24.0 Å². The van der Waals surface area contributed by atoms with Crippen LogP contribution in [0.2, 0.25) is 5.15 Å². The number of amides is 2. The average molecular weight is 437 g/mol. The quantitative estimate of drug-likeness (QED) is 0.610. The van der Waals surface area contributed by atoms with Crippen LogP contribution in [0.1, 0.15) is 32.0 Å². The summed E-state index contributed by atoms with van der Waals surface area (Å²) < 4.78 is 39.9. The Bertz CT molecular complexity index is 1130. The summed E-state index contributed by atoms with van der Waals surface area (Å²) in [6.45, 7) is 1.64. The lowest BCUT2D eigenvalue weighted by atomic mass is 10.1. The van der Waals surface area contributed by atoms with Gasteiger partial charge in [0.2, 0.25) is 0 Å². The first-order valence-electron chi connectivity index (χ1n) is 8.65. The van der Waals surface area contributed by atoms with Crippen LogP contribution in [0.15, 0.2) is 48.5 Å². The summed E-state index contributed by atoms with van der Waals surface area (Å²) in [5.74, 6) is -1.12. The summed E-state index contributed by atoms with van der Waals surface area (Å²) in [4.78, 5) is 25.0. The Labute approximate surface area is 174 Å². The summed E-state index contributed by atoms with van der Waals surface area (Å²) in [7, 11) is 1.60. The van der Waals surface area contributed by atoms with Gasteiger partial charge in [-0.3, -0.25) is 14.3 Å². The van der Waals surface area contributed by atoms with Crippen LogP contribution in [0.5, 0.6) is 0 Å². The minimum atomic E-state index is -4.52. The molecule has 1 aromatic heterocycles. The van der Waals surface area contributed by atoms with E-state index < -0.39 is 23.6 Å². The molecular weight excluding hydrogens is 421 g/mol. The second-order valence-corrected chi connectivity index (χ2v) is 6.80. The van der Waals surface area contributed by atoms with Crippen LogP contribution >= 0.6 is 11.6 Å². The third-order valence-corrected chi connectivity index (χ3v) is 4.64. The summed E-state index contributed by atoms with van der Waals surface area (Å²) in [5, 5.41) is 9.29. The van der Waals surface area contributed by atoms with Gasteiger partial charge in [-0.1, -0.05) is 23.7 Å². The standard InChI is InChI=1S/C20H16ClF3N4O2/c1-11-16(17(21)28(2)27-11)19(30)26-14-7-3-5-12(9-14)18(29)25-15-8-4-6-13(10-15)20(22,23)24/h3-10H,1-2H3,(H,25,29)(H,26,30). The fourth-order valence-corrected chi connectivity index (χ4v) is 3.06. The number of hydrogen-bond donors (Lipinski definition) is 2. The highest BCUT2D eigenvalue weighted by Gasteiger charge is 2.30. The molecular formula is C20H16ClF3N4O2. The molecule has 0 aliphatic heterocycles. The predicted molar refractivity (Wildman–Crippen MR) is 107 cm³/mol. The highest BCUT2D eigenvalue weighted by atomic mass is 35.5. The maximum Gasteiger partial charge on any atom is 0.416 e. The van der Waals surface area contributed by atoms with Crippen molar-refractivity contribution in [2.24, 2.45) is 7.05 Å². The fraction of sp³-hybridized carbons (Fsp3) is 0.150. The molecule has 3 rings (SSSR count).